The van der Waals surface area contributed by atoms with Gasteiger partial charge in [-0.05, 0) is 38.3 Å². The van der Waals surface area contributed by atoms with Crippen LogP contribution in [0.2, 0.25) is 0 Å². The average Bonchev–Trinajstić information content (AvgIpc) is 2.91. The molecule has 0 saturated carbocycles. The molecule has 0 aliphatic carbocycles. The summed E-state index contributed by atoms with van der Waals surface area (Å²) in [4.78, 5) is 0.244. The van der Waals surface area contributed by atoms with Crippen LogP contribution in [0.25, 0.3) is 0 Å². The number of aromatic nitrogens is 2. The number of nitrogens with zero attached hydrogens (tertiary/aromatic N) is 3. The average molecular weight is 320 g/mol. The lowest BCUT2D eigenvalue weighted by Crippen LogP contribution is -2.35. The first-order valence-corrected chi connectivity index (χ1v) is 9.46. The van der Waals surface area contributed by atoms with E-state index in [0.717, 1.165) is 18.6 Å². The van der Waals surface area contributed by atoms with E-state index < -0.39 is 10.0 Å². The second kappa shape index (κ2) is 8.02. The van der Waals surface area contributed by atoms with Crippen LogP contribution in [0, 0.1) is 0 Å². The summed E-state index contributed by atoms with van der Waals surface area (Å²) < 4.78 is 28.0. The molecule has 2 N–H and O–H groups in total. The van der Waals surface area contributed by atoms with E-state index in [1.165, 1.54) is 10.5 Å². The number of hydrogen-bond donors (Lipinski definition) is 1. The summed E-state index contributed by atoms with van der Waals surface area (Å²) >= 11 is 1.72. The minimum absolute atomic E-state index is 0.0279. The molecule has 0 aromatic carbocycles. The Balaban J connectivity index is 2.79. The van der Waals surface area contributed by atoms with Crippen molar-refractivity contribution in [1.82, 2.24) is 14.1 Å². The van der Waals surface area contributed by atoms with Crippen molar-refractivity contribution in [2.45, 2.75) is 37.2 Å². The van der Waals surface area contributed by atoms with Crippen LogP contribution in [-0.2, 0) is 16.6 Å². The molecule has 116 valence electrons. The Kier molecular flexibility index (Phi) is 7.01. The highest BCUT2D eigenvalue weighted by molar-refractivity contribution is 7.98. The Bertz CT molecular complexity index is 501. The summed E-state index contributed by atoms with van der Waals surface area (Å²) in [6, 6.07) is -0.0279. The molecule has 1 rings (SSSR count). The van der Waals surface area contributed by atoms with Crippen molar-refractivity contribution in [2.75, 3.05) is 25.6 Å². The van der Waals surface area contributed by atoms with Crippen LogP contribution in [0.15, 0.2) is 17.3 Å². The molecule has 1 unspecified atom stereocenters. The predicted octanol–water partition coefficient (Wildman–Crippen LogP) is 0.994. The van der Waals surface area contributed by atoms with E-state index in [2.05, 4.69) is 5.10 Å². The molecule has 0 spiro atoms. The molecular formula is C12H24N4O2S2. The molecule has 1 atom stereocenters. The maximum absolute atomic E-state index is 12.5. The smallest absolute Gasteiger partial charge is 0.246 e. The zero-order valence-electron chi connectivity index (χ0n) is 12.3. The van der Waals surface area contributed by atoms with Gasteiger partial charge in [0, 0.05) is 25.8 Å². The van der Waals surface area contributed by atoms with Gasteiger partial charge >= 0.3 is 0 Å². The zero-order valence-corrected chi connectivity index (χ0v) is 14.0. The van der Waals surface area contributed by atoms with Crippen LogP contribution in [0.1, 0.15) is 19.8 Å². The predicted molar refractivity (Wildman–Crippen MR) is 83.3 cm³/mol. The largest absolute Gasteiger partial charge is 0.330 e. The van der Waals surface area contributed by atoms with Crippen LogP contribution in [-0.4, -0.2) is 54.1 Å². The van der Waals surface area contributed by atoms with Gasteiger partial charge in [0.2, 0.25) is 10.0 Å². The molecule has 0 bridgehead atoms. The van der Waals surface area contributed by atoms with Gasteiger partial charge < -0.3 is 5.73 Å². The molecule has 1 aromatic rings. The third-order valence-electron chi connectivity index (χ3n) is 3.24. The van der Waals surface area contributed by atoms with Gasteiger partial charge in [0.15, 0.2) is 0 Å². The minimum atomic E-state index is -3.46. The SMILES string of the molecule is CSCCC(C)N(C)S(=O)(=O)c1cnn(CCCN)c1. The number of nitrogens with two attached hydrogens (primary N) is 1. The van der Waals surface area contributed by atoms with Crippen molar-refractivity contribution in [3.05, 3.63) is 12.4 Å². The molecule has 20 heavy (non-hydrogen) atoms. The fraction of sp³-hybridized carbons (Fsp3) is 0.750. The summed E-state index contributed by atoms with van der Waals surface area (Å²) in [6.45, 7) is 3.12. The molecule has 0 aliphatic heterocycles. The monoisotopic (exact) mass is 320 g/mol. The van der Waals surface area contributed by atoms with Crippen LogP contribution >= 0.6 is 11.8 Å². The zero-order chi connectivity index (χ0) is 15.2. The van der Waals surface area contributed by atoms with Crippen molar-refractivity contribution >= 4 is 21.8 Å². The fourth-order valence-corrected chi connectivity index (χ4v) is 3.65. The quantitative estimate of drug-likeness (QED) is 0.734. The van der Waals surface area contributed by atoms with E-state index in [9.17, 15) is 8.42 Å². The van der Waals surface area contributed by atoms with E-state index in [1.807, 2.05) is 13.2 Å². The van der Waals surface area contributed by atoms with Gasteiger partial charge in [0.25, 0.3) is 0 Å². The molecule has 0 radical (unpaired) electrons. The molecule has 1 aromatic heterocycles. The molecule has 0 fully saturated rings. The summed E-state index contributed by atoms with van der Waals surface area (Å²) in [5.74, 6) is 0.941. The van der Waals surface area contributed by atoms with Gasteiger partial charge in [0.1, 0.15) is 4.90 Å². The molecule has 1 heterocycles. The normalized spacial score (nSPS) is 13.8. The maximum atomic E-state index is 12.5. The first-order valence-electron chi connectivity index (χ1n) is 6.63. The Labute approximate surface area is 125 Å². The summed E-state index contributed by atoms with van der Waals surface area (Å²) in [5, 5.41) is 4.08. The third kappa shape index (κ3) is 4.47. The van der Waals surface area contributed by atoms with Gasteiger partial charge in [-0.25, -0.2) is 8.42 Å². The van der Waals surface area contributed by atoms with E-state index >= 15 is 0 Å². The van der Waals surface area contributed by atoms with E-state index in [1.54, 1.807) is 29.7 Å². The van der Waals surface area contributed by atoms with Crippen LogP contribution < -0.4 is 5.73 Å². The second-order valence-electron chi connectivity index (χ2n) is 4.73. The van der Waals surface area contributed by atoms with Gasteiger partial charge in [-0.2, -0.15) is 21.2 Å². The summed E-state index contributed by atoms with van der Waals surface area (Å²) in [6.07, 6.45) is 6.61. The van der Waals surface area contributed by atoms with Crippen LogP contribution in [0.5, 0.6) is 0 Å². The topological polar surface area (TPSA) is 81.2 Å². The standard InChI is InChI=1S/C12H24N4O2S2/c1-11(5-8-19-3)15(2)20(17,18)12-9-14-16(10-12)7-4-6-13/h9-11H,4-8,13H2,1-3H3. The summed E-state index contributed by atoms with van der Waals surface area (Å²) in [5.41, 5.74) is 5.43. The van der Waals surface area contributed by atoms with E-state index in [-0.39, 0.29) is 10.9 Å². The summed E-state index contributed by atoms with van der Waals surface area (Å²) in [7, 11) is -1.84. The van der Waals surface area contributed by atoms with Crippen molar-refractivity contribution in [1.29, 1.82) is 0 Å². The van der Waals surface area contributed by atoms with Crippen molar-refractivity contribution < 1.29 is 8.42 Å². The molecule has 0 saturated heterocycles. The van der Waals surface area contributed by atoms with Crippen LogP contribution in [0.4, 0.5) is 0 Å². The van der Waals surface area contributed by atoms with E-state index in [4.69, 9.17) is 5.73 Å². The number of aryl methyl sites for hydroxylation is 1. The number of thioether (sulfide) groups is 1. The van der Waals surface area contributed by atoms with Gasteiger partial charge in [-0.3, -0.25) is 4.68 Å². The van der Waals surface area contributed by atoms with Crippen LogP contribution in [0.3, 0.4) is 0 Å². The Morgan fingerprint density at radius 3 is 2.85 bits per heavy atom. The molecule has 8 heteroatoms. The highest BCUT2D eigenvalue weighted by Crippen LogP contribution is 2.18. The minimum Gasteiger partial charge on any atom is -0.330 e. The van der Waals surface area contributed by atoms with Crippen molar-refractivity contribution in [3.8, 4) is 0 Å². The van der Waals surface area contributed by atoms with Crippen molar-refractivity contribution in [2.24, 2.45) is 5.73 Å². The maximum Gasteiger partial charge on any atom is 0.246 e. The number of rotatable bonds is 9. The lowest BCUT2D eigenvalue weighted by molar-refractivity contribution is 0.382. The fourth-order valence-electron chi connectivity index (χ4n) is 1.73. The first kappa shape index (κ1) is 17.5. The van der Waals surface area contributed by atoms with Crippen molar-refractivity contribution in [3.63, 3.8) is 0 Å². The lowest BCUT2D eigenvalue weighted by atomic mass is 10.3. The molecule has 6 nitrogen and oxygen atoms in total. The number of sulfonamides is 1. The Morgan fingerprint density at radius 1 is 1.55 bits per heavy atom. The highest BCUT2D eigenvalue weighted by atomic mass is 32.2. The van der Waals surface area contributed by atoms with Gasteiger partial charge in [-0.15, -0.1) is 0 Å². The Hall–Kier alpha value is -0.570. The second-order valence-corrected chi connectivity index (χ2v) is 7.72. The van der Waals surface area contributed by atoms with Gasteiger partial charge in [-0.1, -0.05) is 0 Å². The first-order chi connectivity index (χ1) is 9.43. The highest BCUT2D eigenvalue weighted by Gasteiger charge is 2.26. The van der Waals surface area contributed by atoms with E-state index in [0.29, 0.717) is 13.1 Å². The molecule has 0 aliphatic rings. The molecule has 0 amide bonds. The number of hydrogen-bond acceptors (Lipinski definition) is 5. The Morgan fingerprint density at radius 2 is 2.25 bits per heavy atom. The molecular weight excluding hydrogens is 296 g/mol. The lowest BCUT2D eigenvalue weighted by Gasteiger charge is -2.23. The third-order valence-corrected chi connectivity index (χ3v) is 5.81. The van der Waals surface area contributed by atoms with Gasteiger partial charge in [0.05, 0.1) is 6.20 Å².